The minimum atomic E-state index is -0.768. The Bertz CT molecular complexity index is 797. The highest BCUT2D eigenvalue weighted by atomic mass is 16.3. The Morgan fingerprint density at radius 2 is 1.69 bits per heavy atom. The summed E-state index contributed by atoms with van der Waals surface area (Å²) in [5.74, 6) is 0.721. The summed E-state index contributed by atoms with van der Waals surface area (Å²) in [6, 6.07) is 7.11. The number of rotatable bonds is 3. The lowest BCUT2D eigenvalue weighted by molar-refractivity contribution is 0.0572. The van der Waals surface area contributed by atoms with Gasteiger partial charge in [-0.3, -0.25) is 0 Å². The number of benzene rings is 1. The van der Waals surface area contributed by atoms with Crippen LogP contribution in [0, 0.1) is 0 Å². The van der Waals surface area contributed by atoms with Crippen LogP contribution in [-0.4, -0.2) is 50.6 Å². The number of aliphatic hydroxyl groups excluding tert-OH is 2. The van der Waals surface area contributed by atoms with E-state index in [0.717, 1.165) is 24.2 Å². The van der Waals surface area contributed by atoms with Crippen LogP contribution in [0.25, 0.3) is 11.3 Å². The maximum atomic E-state index is 10.4. The normalized spacial score (nSPS) is 23.7. The minimum absolute atomic E-state index is 0.115. The number of phenolic OH excluding ortho intramolecular Hbond substituents is 1. The SMILES string of the molecule is Nc1nc(-c2cc(N3C[C@H](O)[C@@H](O)C3)ccc2O)cc(C2CCCC2)n1. The van der Waals surface area contributed by atoms with Gasteiger partial charge in [-0.25, -0.2) is 9.97 Å². The van der Waals surface area contributed by atoms with Crippen molar-refractivity contribution in [2.45, 2.75) is 43.8 Å². The second kappa shape index (κ2) is 6.74. The fourth-order valence-corrected chi connectivity index (χ4v) is 3.96. The molecule has 2 fully saturated rings. The summed E-state index contributed by atoms with van der Waals surface area (Å²) in [6.07, 6.45) is 3.07. The van der Waals surface area contributed by atoms with Gasteiger partial charge >= 0.3 is 0 Å². The molecule has 0 bridgehead atoms. The van der Waals surface area contributed by atoms with E-state index >= 15 is 0 Å². The van der Waals surface area contributed by atoms with Crippen LogP contribution in [0.2, 0.25) is 0 Å². The van der Waals surface area contributed by atoms with Crippen LogP contribution in [0.15, 0.2) is 24.3 Å². The van der Waals surface area contributed by atoms with Gasteiger partial charge < -0.3 is 26.0 Å². The number of hydrogen-bond acceptors (Lipinski definition) is 7. The summed E-state index contributed by atoms with van der Waals surface area (Å²) >= 11 is 0. The van der Waals surface area contributed by atoms with Crippen molar-refractivity contribution in [3.63, 3.8) is 0 Å². The van der Waals surface area contributed by atoms with Crippen LogP contribution in [0.4, 0.5) is 11.6 Å². The van der Waals surface area contributed by atoms with E-state index in [9.17, 15) is 15.3 Å². The monoisotopic (exact) mass is 356 g/mol. The molecule has 7 heteroatoms. The molecule has 0 unspecified atom stereocenters. The van der Waals surface area contributed by atoms with E-state index in [-0.39, 0.29) is 11.7 Å². The summed E-state index contributed by atoms with van der Waals surface area (Å²) in [5.41, 5.74) is 8.85. The van der Waals surface area contributed by atoms with Crippen LogP contribution in [0.5, 0.6) is 5.75 Å². The molecule has 1 saturated heterocycles. The van der Waals surface area contributed by atoms with Gasteiger partial charge in [-0.15, -0.1) is 0 Å². The smallest absolute Gasteiger partial charge is 0.220 e. The number of phenols is 1. The lowest BCUT2D eigenvalue weighted by atomic mass is 10.0. The van der Waals surface area contributed by atoms with Crippen LogP contribution < -0.4 is 10.6 Å². The van der Waals surface area contributed by atoms with E-state index in [2.05, 4.69) is 9.97 Å². The molecule has 138 valence electrons. The van der Waals surface area contributed by atoms with Gasteiger partial charge in [0.05, 0.1) is 17.9 Å². The lowest BCUT2D eigenvalue weighted by Gasteiger charge is -2.19. The van der Waals surface area contributed by atoms with E-state index < -0.39 is 12.2 Å². The van der Waals surface area contributed by atoms with Crippen molar-refractivity contribution in [1.82, 2.24) is 9.97 Å². The third-order valence-electron chi connectivity index (χ3n) is 5.42. The highest BCUT2D eigenvalue weighted by molar-refractivity contribution is 5.73. The van der Waals surface area contributed by atoms with Crippen molar-refractivity contribution in [2.24, 2.45) is 0 Å². The lowest BCUT2D eigenvalue weighted by Crippen LogP contribution is -2.22. The Morgan fingerprint density at radius 3 is 2.38 bits per heavy atom. The quantitative estimate of drug-likeness (QED) is 0.660. The number of aromatic hydroxyl groups is 1. The first-order valence-electron chi connectivity index (χ1n) is 9.10. The third-order valence-corrected chi connectivity index (χ3v) is 5.42. The number of β-amino-alcohol motifs (C(OH)–C–C–N with tert-alkyl or cyclic N) is 2. The fraction of sp³-hybridized carbons (Fsp3) is 0.474. The molecule has 7 nitrogen and oxygen atoms in total. The Kier molecular flexibility index (Phi) is 4.42. The fourth-order valence-electron chi connectivity index (χ4n) is 3.96. The Balaban J connectivity index is 1.70. The molecule has 2 atom stereocenters. The van der Waals surface area contributed by atoms with Crippen LogP contribution in [0.3, 0.4) is 0 Å². The maximum absolute atomic E-state index is 10.4. The van der Waals surface area contributed by atoms with Crippen molar-refractivity contribution in [1.29, 1.82) is 0 Å². The molecule has 0 amide bonds. The maximum Gasteiger partial charge on any atom is 0.220 e. The first kappa shape index (κ1) is 17.1. The molecule has 5 N–H and O–H groups in total. The molecular weight excluding hydrogens is 332 g/mol. The van der Waals surface area contributed by atoms with E-state index in [0.29, 0.717) is 30.3 Å². The van der Waals surface area contributed by atoms with Gasteiger partial charge in [0.1, 0.15) is 5.75 Å². The molecule has 26 heavy (non-hydrogen) atoms. The number of hydrogen-bond donors (Lipinski definition) is 4. The van der Waals surface area contributed by atoms with Crippen LogP contribution in [0.1, 0.15) is 37.3 Å². The van der Waals surface area contributed by atoms with E-state index in [4.69, 9.17) is 5.73 Å². The molecule has 2 heterocycles. The van der Waals surface area contributed by atoms with Crippen molar-refractivity contribution < 1.29 is 15.3 Å². The number of aromatic nitrogens is 2. The number of nitrogens with zero attached hydrogens (tertiary/aromatic N) is 3. The summed E-state index contributed by atoms with van der Waals surface area (Å²) in [5, 5.41) is 29.9. The van der Waals surface area contributed by atoms with Gasteiger partial charge in [0.15, 0.2) is 0 Å². The summed E-state index contributed by atoms with van der Waals surface area (Å²) < 4.78 is 0. The van der Waals surface area contributed by atoms with E-state index in [1.54, 1.807) is 12.1 Å². The zero-order valence-electron chi connectivity index (χ0n) is 14.5. The average molecular weight is 356 g/mol. The zero-order valence-corrected chi connectivity index (χ0v) is 14.5. The Morgan fingerprint density at radius 1 is 1.00 bits per heavy atom. The summed E-state index contributed by atoms with van der Waals surface area (Å²) in [7, 11) is 0. The number of nitrogen functional groups attached to an aromatic ring is 1. The average Bonchev–Trinajstić information content (AvgIpc) is 3.25. The molecule has 1 aromatic carbocycles. The summed E-state index contributed by atoms with van der Waals surface area (Å²) in [6.45, 7) is 0.704. The van der Waals surface area contributed by atoms with Crippen LogP contribution in [-0.2, 0) is 0 Å². The van der Waals surface area contributed by atoms with Crippen molar-refractivity contribution in [3.05, 3.63) is 30.0 Å². The van der Waals surface area contributed by atoms with Crippen molar-refractivity contribution >= 4 is 11.6 Å². The van der Waals surface area contributed by atoms with Gasteiger partial charge in [-0.05, 0) is 37.1 Å². The molecular formula is C19H24N4O3. The van der Waals surface area contributed by atoms with Crippen LogP contribution >= 0.6 is 0 Å². The molecule has 4 rings (SSSR count). The summed E-state index contributed by atoms with van der Waals surface area (Å²) in [4.78, 5) is 10.6. The van der Waals surface area contributed by atoms with Crippen molar-refractivity contribution in [2.75, 3.05) is 23.7 Å². The third kappa shape index (κ3) is 3.20. The largest absolute Gasteiger partial charge is 0.507 e. The first-order chi connectivity index (χ1) is 12.5. The molecule has 0 radical (unpaired) electrons. The zero-order chi connectivity index (χ0) is 18.3. The van der Waals surface area contributed by atoms with Gasteiger partial charge in [-0.1, -0.05) is 12.8 Å². The highest BCUT2D eigenvalue weighted by Gasteiger charge is 2.30. The molecule has 2 aromatic rings. The number of anilines is 2. The van der Waals surface area contributed by atoms with Gasteiger partial charge in [0, 0.05) is 36.0 Å². The predicted octanol–water partition coefficient (Wildman–Crippen LogP) is 1.63. The highest BCUT2D eigenvalue weighted by Crippen LogP contribution is 2.37. The van der Waals surface area contributed by atoms with E-state index in [1.807, 2.05) is 17.0 Å². The van der Waals surface area contributed by atoms with Gasteiger partial charge in [0.25, 0.3) is 0 Å². The second-order valence-electron chi connectivity index (χ2n) is 7.26. The number of nitrogens with two attached hydrogens (primary N) is 1. The van der Waals surface area contributed by atoms with Gasteiger partial charge in [-0.2, -0.15) is 0 Å². The predicted molar refractivity (Wildman–Crippen MR) is 99.0 cm³/mol. The molecule has 1 aromatic heterocycles. The molecule has 1 saturated carbocycles. The van der Waals surface area contributed by atoms with Gasteiger partial charge in [0.2, 0.25) is 5.95 Å². The Labute approximate surface area is 152 Å². The topological polar surface area (TPSA) is 116 Å². The Hall–Kier alpha value is -2.38. The first-order valence-corrected chi connectivity index (χ1v) is 9.10. The molecule has 2 aliphatic rings. The molecule has 1 aliphatic heterocycles. The van der Waals surface area contributed by atoms with Crippen molar-refractivity contribution in [3.8, 4) is 17.0 Å². The minimum Gasteiger partial charge on any atom is -0.507 e. The number of aliphatic hydroxyl groups is 2. The molecule has 1 aliphatic carbocycles. The second-order valence-corrected chi connectivity index (χ2v) is 7.26. The standard InChI is InChI=1S/C19H24N4O3/c20-19-21-14(11-3-1-2-4-11)8-15(22-19)13-7-12(5-6-16(13)24)23-9-17(25)18(26)10-23/h5-8,11,17-18,24-26H,1-4,9-10H2,(H2,20,21,22)/t17-,18-/m0/s1. The molecule has 0 spiro atoms. The van der Waals surface area contributed by atoms with E-state index in [1.165, 1.54) is 12.8 Å².